The lowest BCUT2D eigenvalue weighted by molar-refractivity contribution is -0.139. The molecule has 1 aliphatic rings. The number of hydrogen-bond acceptors (Lipinski definition) is 3. The number of terminal acetylenes is 1. The van der Waals surface area contributed by atoms with Crippen molar-refractivity contribution in [2.75, 3.05) is 14.1 Å². The molecule has 0 bridgehead atoms. The lowest BCUT2D eigenvalue weighted by Gasteiger charge is -2.39. The quantitative estimate of drug-likeness (QED) is 0.681. The number of unbranched alkanes of at least 4 members (excludes halogenated alkanes) is 1. The van der Waals surface area contributed by atoms with E-state index in [1.807, 2.05) is 13.8 Å². The number of carbonyl (C=O) groups excluding carboxylic acids is 1. The number of phenolic OH excluding ortho intramolecular Hbond substituents is 1. The molecule has 0 aromatic heterocycles. The van der Waals surface area contributed by atoms with Gasteiger partial charge in [-0.15, -0.1) is 12.8 Å². The van der Waals surface area contributed by atoms with Crippen molar-refractivity contribution in [3.63, 3.8) is 0 Å². The van der Waals surface area contributed by atoms with Crippen LogP contribution < -0.4 is 0 Å². The first kappa shape index (κ1) is 28.2. The second-order valence-corrected chi connectivity index (χ2v) is 6.92. The van der Waals surface area contributed by atoms with Crippen molar-refractivity contribution in [3.8, 4) is 18.6 Å². The first-order valence-electron chi connectivity index (χ1n) is 10.4. The van der Waals surface area contributed by atoms with Gasteiger partial charge in [0.25, 0.3) is 0 Å². The first-order valence-corrected chi connectivity index (χ1v) is 10.4. The predicted octanol–water partition coefficient (Wildman–Crippen LogP) is 5.34. The number of carbonyl (C=O) groups is 1. The Morgan fingerprint density at radius 1 is 1.04 bits per heavy atom. The van der Waals surface area contributed by atoms with Crippen LogP contribution in [0.5, 0.6) is 5.75 Å². The van der Waals surface area contributed by atoms with Gasteiger partial charge in [-0.1, -0.05) is 71.9 Å². The molecule has 1 amide bonds. The lowest BCUT2D eigenvalue weighted by Crippen LogP contribution is -2.46. The van der Waals surface area contributed by atoms with Crippen molar-refractivity contribution in [2.24, 2.45) is 0 Å². The molecule has 2 rings (SSSR count). The van der Waals surface area contributed by atoms with E-state index in [2.05, 4.69) is 26.7 Å². The molecule has 0 radical (unpaired) electrons. The Morgan fingerprint density at radius 2 is 1.46 bits per heavy atom. The standard InChI is InChI=1S/C16H23NO3.C4H10.C2H6.C2H2/c1-17(2)15(19)14(12-6-8-13(18)9-7-12)16(20)10-4-3-5-11-16;1-3-4-2;2*1-2/h6-9,14,18,20H,3-5,10-11H2,1-2H3;3-4H2,1-2H3;1-2H3;1-2H. The van der Waals surface area contributed by atoms with Crippen molar-refractivity contribution in [1.82, 2.24) is 4.90 Å². The highest BCUT2D eigenvalue weighted by Crippen LogP contribution is 2.41. The minimum atomic E-state index is -0.976. The van der Waals surface area contributed by atoms with Crippen molar-refractivity contribution >= 4 is 5.91 Å². The average Bonchev–Trinajstić information content (AvgIpc) is 2.73. The van der Waals surface area contributed by atoms with Crippen LogP contribution in [0.15, 0.2) is 24.3 Å². The number of hydrogen-bond donors (Lipinski definition) is 2. The maximum absolute atomic E-state index is 12.5. The van der Waals surface area contributed by atoms with Gasteiger partial charge in [0.1, 0.15) is 5.75 Å². The molecule has 4 nitrogen and oxygen atoms in total. The molecular weight excluding hydrogens is 350 g/mol. The summed E-state index contributed by atoms with van der Waals surface area (Å²) in [7, 11) is 3.42. The largest absolute Gasteiger partial charge is 0.508 e. The molecule has 0 aliphatic heterocycles. The zero-order valence-corrected chi connectivity index (χ0v) is 18.7. The van der Waals surface area contributed by atoms with E-state index >= 15 is 0 Å². The molecule has 1 aliphatic carbocycles. The molecule has 28 heavy (non-hydrogen) atoms. The smallest absolute Gasteiger partial charge is 0.232 e. The van der Waals surface area contributed by atoms with Gasteiger partial charge in [0, 0.05) is 14.1 Å². The highest BCUT2D eigenvalue weighted by atomic mass is 16.3. The van der Waals surface area contributed by atoms with E-state index in [9.17, 15) is 15.0 Å². The van der Waals surface area contributed by atoms with E-state index in [-0.39, 0.29) is 11.7 Å². The molecule has 1 unspecified atom stereocenters. The van der Waals surface area contributed by atoms with Crippen LogP contribution in [-0.2, 0) is 4.79 Å². The van der Waals surface area contributed by atoms with Crippen molar-refractivity contribution in [3.05, 3.63) is 29.8 Å². The van der Waals surface area contributed by atoms with Crippen LogP contribution in [0.1, 0.15) is 84.1 Å². The van der Waals surface area contributed by atoms with Gasteiger partial charge in [0.15, 0.2) is 0 Å². The van der Waals surface area contributed by atoms with Gasteiger partial charge in [0.05, 0.1) is 11.5 Å². The third-order valence-corrected chi connectivity index (χ3v) is 4.67. The molecule has 1 saturated carbocycles. The number of phenols is 1. The third kappa shape index (κ3) is 9.28. The van der Waals surface area contributed by atoms with Gasteiger partial charge in [-0.3, -0.25) is 4.79 Å². The Bertz CT molecular complexity index is 527. The van der Waals surface area contributed by atoms with Gasteiger partial charge < -0.3 is 15.1 Å². The van der Waals surface area contributed by atoms with Crippen LogP contribution in [0.2, 0.25) is 0 Å². The summed E-state index contributed by atoms with van der Waals surface area (Å²) in [5, 5.41) is 20.4. The minimum absolute atomic E-state index is 0.0833. The Kier molecular flexibility index (Phi) is 16.1. The number of likely N-dealkylation sites (N-methyl/N-ethyl adjacent to an activating group) is 1. The first-order chi connectivity index (χ1) is 13.4. The molecule has 4 heteroatoms. The number of rotatable bonds is 4. The number of aliphatic hydroxyl groups is 1. The molecule has 0 spiro atoms. The van der Waals surface area contributed by atoms with Crippen LogP contribution in [0, 0.1) is 12.8 Å². The Balaban J connectivity index is 0. The normalized spacial score (nSPS) is 15.2. The fraction of sp³-hybridized carbons (Fsp3) is 0.625. The van der Waals surface area contributed by atoms with E-state index < -0.39 is 11.5 Å². The monoisotopic (exact) mass is 391 g/mol. The number of aromatic hydroxyl groups is 1. The van der Waals surface area contributed by atoms with Gasteiger partial charge in [-0.2, -0.15) is 0 Å². The maximum Gasteiger partial charge on any atom is 0.232 e. The fourth-order valence-electron chi connectivity index (χ4n) is 3.06. The van der Waals surface area contributed by atoms with Crippen LogP contribution >= 0.6 is 0 Å². The molecule has 1 atom stereocenters. The maximum atomic E-state index is 12.5. The van der Waals surface area contributed by atoms with E-state index in [1.165, 1.54) is 17.7 Å². The summed E-state index contributed by atoms with van der Waals surface area (Å²) in [5.74, 6) is -0.473. The number of amides is 1. The average molecular weight is 392 g/mol. The summed E-state index contributed by atoms with van der Waals surface area (Å²) < 4.78 is 0. The zero-order valence-electron chi connectivity index (χ0n) is 18.7. The molecule has 1 fully saturated rings. The van der Waals surface area contributed by atoms with Gasteiger partial charge in [0.2, 0.25) is 5.91 Å². The Hall–Kier alpha value is -1.99. The molecule has 160 valence electrons. The summed E-state index contributed by atoms with van der Waals surface area (Å²) in [6.45, 7) is 8.36. The van der Waals surface area contributed by atoms with Crippen LogP contribution in [0.25, 0.3) is 0 Å². The second kappa shape index (κ2) is 16.0. The molecule has 0 saturated heterocycles. The molecular formula is C24H41NO3. The molecule has 2 N–H and O–H groups in total. The van der Waals surface area contributed by atoms with Crippen LogP contribution in [0.4, 0.5) is 0 Å². The van der Waals surface area contributed by atoms with E-state index in [0.717, 1.165) is 24.8 Å². The Labute approximate surface area is 173 Å². The SMILES string of the molecule is C#C.CC.CCCC.CN(C)C(=O)C(c1ccc(O)cc1)C1(O)CCCCC1. The zero-order chi connectivity index (χ0) is 22.2. The van der Waals surface area contributed by atoms with E-state index in [4.69, 9.17) is 0 Å². The van der Waals surface area contributed by atoms with Gasteiger partial charge in [-0.05, 0) is 30.5 Å². The minimum Gasteiger partial charge on any atom is -0.508 e. The second-order valence-electron chi connectivity index (χ2n) is 6.92. The van der Waals surface area contributed by atoms with Crippen molar-refractivity contribution < 1.29 is 15.0 Å². The predicted molar refractivity (Wildman–Crippen MR) is 119 cm³/mol. The summed E-state index contributed by atoms with van der Waals surface area (Å²) in [6, 6.07) is 6.59. The number of benzene rings is 1. The summed E-state index contributed by atoms with van der Waals surface area (Å²) in [6.07, 6.45) is 15.0. The third-order valence-electron chi connectivity index (χ3n) is 4.67. The fourth-order valence-corrected chi connectivity index (χ4v) is 3.06. The summed E-state index contributed by atoms with van der Waals surface area (Å²) in [5.41, 5.74) is -0.206. The number of nitrogens with zero attached hydrogens (tertiary/aromatic N) is 1. The summed E-state index contributed by atoms with van der Waals surface area (Å²) >= 11 is 0. The molecule has 1 aromatic rings. The summed E-state index contributed by atoms with van der Waals surface area (Å²) in [4.78, 5) is 14.1. The van der Waals surface area contributed by atoms with Crippen LogP contribution in [0.3, 0.4) is 0 Å². The van der Waals surface area contributed by atoms with Gasteiger partial charge >= 0.3 is 0 Å². The molecule has 0 heterocycles. The highest BCUT2D eigenvalue weighted by Gasteiger charge is 2.43. The highest BCUT2D eigenvalue weighted by molar-refractivity contribution is 5.84. The van der Waals surface area contributed by atoms with E-state index in [1.54, 1.807) is 38.4 Å². The van der Waals surface area contributed by atoms with Crippen molar-refractivity contribution in [2.45, 2.75) is 84.2 Å². The van der Waals surface area contributed by atoms with E-state index in [0.29, 0.717) is 12.8 Å². The lowest BCUT2D eigenvalue weighted by atomic mass is 9.72. The Morgan fingerprint density at radius 3 is 1.82 bits per heavy atom. The van der Waals surface area contributed by atoms with Gasteiger partial charge in [-0.25, -0.2) is 0 Å². The topological polar surface area (TPSA) is 60.8 Å². The van der Waals surface area contributed by atoms with Crippen LogP contribution in [-0.4, -0.2) is 40.7 Å². The van der Waals surface area contributed by atoms with Crippen molar-refractivity contribution in [1.29, 1.82) is 0 Å². The molecule has 1 aromatic carbocycles.